The Kier molecular flexibility index (Phi) is 9.05. The Morgan fingerprint density at radius 3 is 1.67 bits per heavy atom. The molecule has 1 aromatic carbocycles. The zero-order chi connectivity index (χ0) is 11.5. The van der Waals surface area contributed by atoms with Gasteiger partial charge in [-0.25, -0.2) is 0 Å². The first-order valence-electron chi connectivity index (χ1n) is 4.48. The number of phenols is 2. The van der Waals surface area contributed by atoms with Crippen molar-refractivity contribution in [3.63, 3.8) is 0 Å². The lowest BCUT2D eigenvalue weighted by molar-refractivity contribution is 0.318. The lowest BCUT2D eigenvalue weighted by Gasteiger charge is -1.90. The fraction of sp³-hybridized carbons (Fsp3) is 0.400. The highest BCUT2D eigenvalue weighted by Gasteiger charge is 1.85. The fourth-order valence-electron chi connectivity index (χ4n) is 0.724. The van der Waals surface area contributed by atoms with Crippen molar-refractivity contribution in [1.29, 1.82) is 0 Å². The summed E-state index contributed by atoms with van der Waals surface area (Å²) in [6, 6.07) is 5.85. The van der Waals surface area contributed by atoms with Crippen LogP contribution in [0.4, 0.5) is 0 Å². The van der Waals surface area contributed by atoms with Gasteiger partial charge in [-0.2, -0.15) is 11.8 Å². The number of hydrogen-bond acceptors (Lipinski definition) is 5. The van der Waals surface area contributed by atoms with E-state index < -0.39 is 0 Å². The Morgan fingerprint density at radius 1 is 0.933 bits per heavy atom. The molecule has 4 nitrogen and oxygen atoms in total. The molecule has 0 heterocycles. The van der Waals surface area contributed by atoms with Gasteiger partial charge in [0.1, 0.15) is 11.5 Å². The minimum atomic E-state index is 0.0880. The highest BCUT2D eigenvalue weighted by molar-refractivity contribution is 7.99. The summed E-state index contributed by atoms with van der Waals surface area (Å²) in [6.07, 6.45) is 0. The Bertz CT molecular complexity index is 234. The van der Waals surface area contributed by atoms with Crippen molar-refractivity contribution in [3.05, 3.63) is 24.3 Å². The van der Waals surface area contributed by atoms with Gasteiger partial charge in [0.2, 0.25) is 0 Å². The number of phenolic OH excluding ortho intramolecular Hbond substituents is 2. The van der Waals surface area contributed by atoms with Gasteiger partial charge in [-0.15, -0.1) is 0 Å². The zero-order valence-corrected chi connectivity index (χ0v) is 9.15. The molecule has 15 heavy (non-hydrogen) atoms. The first-order chi connectivity index (χ1) is 7.20. The second kappa shape index (κ2) is 9.64. The van der Waals surface area contributed by atoms with Gasteiger partial charge < -0.3 is 20.4 Å². The lowest BCUT2D eigenvalue weighted by Crippen LogP contribution is -1.91. The van der Waals surface area contributed by atoms with Crippen LogP contribution in [0.2, 0.25) is 0 Å². The molecule has 0 aliphatic heterocycles. The van der Waals surface area contributed by atoms with Crippen LogP contribution in [0.1, 0.15) is 0 Å². The van der Waals surface area contributed by atoms with Crippen molar-refractivity contribution in [1.82, 2.24) is 0 Å². The minimum Gasteiger partial charge on any atom is -0.508 e. The van der Waals surface area contributed by atoms with Crippen LogP contribution in [0.3, 0.4) is 0 Å². The van der Waals surface area contributed by atoms with Gasteiger partial charge in [-0.05, 0) is 12.1 Å². The minimum absolute atomic E-state index is 0.0880. The third kappa shape index (κ3) is 9.40. The average Bonchev–Trinajstić information content (AvgIpc) is 2.19. The van der Waals surface area contributed by atoms with E-state index in [0.717, 1.165) is 11.5 Å². The average molecular weight is 232 g/mol. The maximum atomic E-state index is 8.65. The number of aliphatic hydroxyl groups is 2. The molecule has 0 amide bonds. The largest absolute Gasteiger partial charge is 0.508 e. The van der Waals surface area contributed by atoms with Crippen molar-refractivity contribution < 1.29 is 20.4 Å². The van der Waals surface area contributed by atoms with E-state index in [1.54, 1.807) is 17.8 Å². The van der Waals surface area contributed by atoms with E-state index in [-0.39, 0.29) is 24.7 Å². The highest BCUT2D eigenvalue weighted by atomic mass is 32.2. The molecule has 0 saturated carbocycles. The molecule has 86 valence electrons. The molecule has 0 atom stereocenters. The maximum Gasteiger partial charge on any atom is 0.119 e. The Morgan fingerprint density at radius 2 is 1.40 bits per heavy atom. The van der Waals surface area contributed by atoms with Crippen molar-refractivity contribution in [2.75, 3.05) is 24.7 Å². The van der Waals surface area contributed by atoms with Crippen LogP contribution in [-0.4, -0.2) is 45.1 Å². The topological polar surface area (TPSA) is 80.9 Å². The molecule has 0 bridgehead atoms. The SMILES string of the molecule is OCCSCCO.Oc1cccc(O)c1. The molecule has 5 heteroatoms. The van der Waals surface area contributed by atoms with Gasteiger partial charge in [0, 0.05) is 17.6 Å². The number of aromatic hydroxyl groups is 2. The summed E-state index contributed by atoms with van der Waals surface area (Å²) in [5, 5.41) is 33.7. The second-order valence-corrected chi connectivity index (χ2v) is 3.80. The van der Waals surface area contributed by atoms with E-state index in [9.17, 15) is 0 Å². The molecule has 0 aliphatic rings. The van der Waals surface area contributed by atoms with Crippen LogP contribution in [0.25, 0.3) is 0 Å². The van der Waals surface area contributed by atoms with Crippen LogP contribution >= 0.6 is 11.8 Å². The molecule has 0 aromatic heterocycles. The van der Waals surface area contributed by atoms with E-state index >= 15 is 0 Å². The summed E-state index contributed by atoms with van der Waals surface area (Å²) in [7, 11) is 0. The number of rotatable bonds is 4. The van der Waals surface area contributed by atoms with Gasteiger partial charge in [0.15, 0.2) is 0 Å². The highest BCUT2D eigenvalue weighted by Crippen LogP contribution is 2.14. The molecule has 1 rings (SSSR count). The quantitative estimate of drug-likeness (QED) is 0.577. The van der Waals surface area contributed by atoms with Crippen LogP contribution < -0.4 is 0 Å². The van der Waals surface area contributed by atoms with E-state index in [4.69, 9.17) is 20.4 Å². The monoisotopic (exact) mass is 232 g/mol. The molecule has 4 N–H and O–H groups in total. The Labute approximate surface area is 93.2 Å². The van der Waals surface area contributed by atoms with Gasteiger partial charge in [0.25, 0.3) is 0 Å². The van der Waals surface area contributed by atoms with Gasteiger partial charge >= 0.3 is 0 Å². The van der Waals surface area contributed by atoms with E-state index in [0.29, 0.717) is 0 Å². The van der Waals surface area contributed by atoms with Gasteiger partial charge in [-0.3, -0.25) is 0 Å². The maximum absolute atomic E-state index is 8.65. The van der Waals surface area contributed by atoms with Crippen LogP contribution in [-0.2, 0) is 0 Å². The van der Waals surface area contributed by atoms with Crippen LogP contribution in [0.5, 0.6) is 11.5 Å². The molecular formula is C10H16O4S. The molecule has 0 fully saturated rings. The summed E-state index contributed by atoms with van der Waals surface area (Å²) < 4.78 is 0. The Balaban J connectivity index is 0.000000265. The van der Waals surface area contributed by atoms with Gasteiger partial charge in [-0.1, -0.05) is 6.07 Å². The molecule has 0 saturated heterocycles. The summed E-state index contributed by atoms with van der Waals surface area (Å²) in [6.45, 7) is 0.426. The number of thioether (sulfide) groups is 1. The predicted octanol–water partition coefficient (Wildman–Crippen LogP) is 0.802. The van der Waals surface area contributed by atoms with Gasteiger partial charge in [0.05, 0.1) is 13.2 Å². The van der Waals surface area contributed by atoms with E-state index in [1.807, 2.05) is 0 Å². The first-order valence-corrected chi connectivity index (χ1v) is 5.63. The number of aliphatic hydroxyl groups excluding tert-OH is 2. The van der Waals surface area contributed by atoms with Crippen LogP contribution in [0.15, 0.2) is 24.3 Å². The third-order valence-electron chi connectivity index (χ3n) is 1.30. The molecule has 0 spiro atoms. The first kappa shape index (κ1) is 14.1. The van der Waals surface area contributed by atoms with Crippen molar-refractivity contribution in [2.24, 2.45) is 0 Å². The summed E-state index contributed by atoms with van der Waals surface area (Å²) in [5.41, 5.74) is 0. The van der Waals surface area contributed by atoms with Crippen molar-refractivity contribution in [2.45, 2.75) is 0 Å². The third-order valence-corrected chi connectivity index (χ3v) is 2.24. The van der Waals surface area contributed by atoms with E-state index in [1.165, 1.54) is 18.2 Å². The predicted molar refractivity (Wildman–Crippen MR) is 61.3 cm³/mol. The number of hydrogen-bond donors (Lipinski definition) is 4. The van der Waals surface area contributed by atoms with E-state index in [2.05, 4.69) is 0 Å². The second-order valence-electron chi connectivity index (χ2n) is 2.58. The molecular weight excluding hydrogens is 216 g/mol. The molecule has 0 aliphatic carbocycles. The lowest BCUT2D eigenvalue weighted by atomic mass is 10.3. The summed E-state index contributed by atoms with van der Waals surface area (Å²) >= 11 is 1.55. The van der Waals surface area contributed by atoms with Crippen LogP contribution in [0, 0.1) is 0 Å². The number of benzene rings is 1. The summed E-state index contributed by atoms with van der Waals surface area (Å²) in [5.74, 6) is 1.65. The zero-order valence-electron chi connectivity index (χ0n) is 8.33. The van der Waals surface area contributed by atoms with Crippen molar-refractivity contribution in [3.8, 4) is 11.5 Å². The standard InChI is InChI=1S/C6H6O2.C4H10O2S/c7-5-2-1-3-6(8)4-5;5-1-3-7-4-2-6/h1-4,7-8H;5-6H,1-4H2. The van der Waals surface area contributed by atoms with Crippen molar-refractivity contribution >= 4 is 11.8 Å². The molecule has 1 aromatic rings. The normalized spacial score (nSPS) is 9.20. The summed E-state index contributed by atoms with van der Waals surface area (Å²) in [4.78, 5) is 0. The fourth-order valence-corrected chi connectivity index (χ4v) is 1.19. The Hall–Kier alpha value is -0.910. The molecule has 0 unspecified atom stereocenters. The molecule has 0 radical (unpaired) electrons. The smallest absolute Gasteiger partial charge is 0.119 e.